The van der Waals surface area contributed by atoms with E-state index in [0.717, 1.165) is 11.1 Å². The number of carbonyl (C=O) groups is 1. The first-order valence-electron chi connectivity index (χ1n) is 6.36. The summed E-state index contributed by atoms with van der Waals surface area (Å²) in [5.74, 6) is 0.393. The van der Waals surface area contributed by atoms with Gasteiger partial charge >= 0.3 is 0 Å². The van der Waals surface area contributed by atoms with E-state index in [4.69, 9.17) is 10.2 Å². The van der Waals surface area contributed by atoms with Gasteiger partial charge in [-0.1, -0.05) is 13.0 Å². The van der Waals surface area contributed by atoms with E-state index in [1.54, 1.807) is 4.90 Å². The lowest BCUT2D eigenvalue weighted by Crippen LogP contribution is -2.34. The van der Waals surface area contributed by atoms with E-state index in [0.29, 0.717) is 31.0 Å². The number of nitrogens with two attached hydrogens (primary N) is 1. The molecule has 1 unspecified atom stereocenters. The standard InChI is InChI=1S/C14H19N3O2/c1-10(7-15)8-17(2)14(18)6-11-3-4-12-13(5-11)19-9-16-12/h3-5,9-10H,6-8,15H2,1-2H3. The highest BCUT2D eigenvalue weighted by molar-refractivity contribution is 5.80. The molecule has 1 aromatic heterocycles. The summed E-state index contributed by atoms with van der Waals surface area (Å²) in [6.07, 6.45) is 1.77. The summed E-state index contributed by atoms with van der Waals surface area (Å²) in [5.41, 5.74) is 8.02. The molecule has 5 heteroatoms. The van der Waals surface area contributed by atoms with Crippen molar-refractivity contribution in [2.45, 2.75) is 13.3 Å². The lowest BCUT2D eigenvalue weighted by atomic mass is 10.1. The van der Waals surface area contributed by atoms with Crippen LogP contribution in [-0.2, 0) is 11.2 Å². The van der Waals surface area contributed by atoms with Crippen molar-refractivity contribution in [3.63, 3.8) is 0 Å². The number of hydrogen-bond acceptors (Lipinski definition) is 4. The van der Waals surface area contributed by atoms with E-state index in [1.807, 2.05) is 32.2 Å². The van der Waals surface area contributed by atoms with Crippen LogP contribution in [0.1, 0.15) is 12.5 Å². The molecule has 0 aliphatic rings. The summed E-state index contributed by atoms with van der Waals surface area (Å²) >= 11 is 0. The van der Waals surface area contributed by atoms with Crippen molar-refractivity contribution in [2.24, 2.45) is 11.7 Å². The fourth-order valence-electron chi connectivity index (χ4n) is 1.96. The van der Waals surface area contributed by atoms with Crippen molar-refractivity contribution < 1.29 is 9.21 Å². The smallest absolute Gasteiger partial charge is 0.226 e. The first-order valence-corrected chi connectivity index (χ1v) is 6.36. The second-order valence-corrected chi connectivity index (χ2v) is 4.95. The molecule has 1 aromatic carbocycles. The van der Waals surface area contributed by atoms with Crippen LogP contribution < -0.4 is 5.73 Å². The molecule has 2 aromatic rings. The highest BCUT2D eigenvalue weighted by Gasteiger charge is 2.13. The molecule has 0 aliphatic carbocycles. The number of likely N-dealkylation sites (N-methyl/N-ethyl adjacent to an activating group) is 1. The molecule has 0 saturated heterocycles. The maximum absolute atomic E-state index is 12.1. The molecule has 0 fully saturated rings. The Morgan fingerprint density at radius 1 is 1.53 bits per heavy atom. The number of hydrogen-bond donors (Lipinski definition) is 1. The highest BCUT2D eigenvalue weighted by atomic mass is 16.3. The maximum atomic E-state index is 12.1. The van der Waals surface area contributed by atoms with E-state index in [9.17, 15) is 4.79 Å². The first-order chi connectivity index (χ1) is 9.10. The molecule has 19 heavy (non-hydrogen) atoms. The van der Waals surface area contributed by atoms with Gasteiger partial charge in [-0.3, -0.25) is 4.79 Å². The van der Waals surface area contributed by atoms with E-state index in [1.165, 1.54) is 6.39 Å². The predicted octanol–water partition coefficient (Wildman–Crippen LogP) is 1.42. The Bertz CT molecular complexity index is 565. The Balaban J connectivity index is 2.01. The number of oxazole rings is 1. The number of rotatable bonds is 5. The van der Waals surface area contributed by atoms with Gasteiger partial charge in [0.2, 0.25) is 5.91 Å². The quantitative estimate of drug-likeness (QED) is 0.883. The van der Waals surface area contributed by atoms with E-state index >= 15 is 0 Å². The van der Waals surface area contributed by atoms with Gasteiger partial charge in [-0.15, -0.1) is 0 Å². The van der Waals surface area contributed by atoms with Crippen LogP contribution in [0.4, 0.5) is 0 Å². The molecule has 1 amide bonds. The van der Waals surface area contributed by atoms with Gasteiger partial charge in [-0.2, -0.15) is 0 Å². The molecular weight excluding hydrogens is 242 g/mol. The van der Waals surface area contributed by atoms with Gasteiger partial charge in [-0.25, -0.2) is 4.98 Å². The Hall–Kier alpha value is -1.88. The number of nitrogens with zero attached hydrogens (tertiary/aromatic N) is 2. The van der Waals surface area contributed by atoms with Crippen LogP contribution in [-0.4, -0.2) is 35.9 Å². The molecule has 1 atom stereocenters. The minimum atomic E-state index is 0.0826. The van der Waals surface area contributed by atoms with Gasteiger partial charge in [0.15, 0.2) is 12.0 Å². The molecule has 102 valence electrons. The Morgan fingerprint density at radius 2 is 2.32 bits per heavy atom. The summed E-state index contributed by atoms with van der Waals surface area (Å²) in [6.45, 7) is 3.30. The van der Waals surface area contributed by atoms with Crippen molar-refractivity contribution >= 4 is 17.0 Å². The Morgan fingerprint density at radius 3 is 3.05 bits per heavy atom. The monoisotopic (exact) mass is 261 g/mol. The minimum Gasteiger partial charge on any atom is -0.443 e. The number of aromatic nitrogens is 1. The summed E-state index contributed by atoms with van der Waals surface area (Å²) < 4.78 is 5.23. The maximum Gasteiger partial charge on any atom is 0.226 e. The number of carbonyl (C=O) groups excluding carboxylic acids is 1. The third-order valence-corrected chi connectivity index (χ3v) is 3.16. The normalized spacial score (nSPS) is 12.6. The van der Waals surface area contributed by atoms with Crippen LogP contribution in [0.25, 0.3) is 11.1 Å². The molecule has 5 nitrogen and oxygen atoms in total. The highest BCUT2D eigenvalue weighted by Crippen LogP contribution is 2.15. The van der Waals surface area contributed by atoms with Crippen LogP contribution in [0.3, 0.4) is 0 Å². The molecular formula is C14H19N3O2. The molecule has 0 bridgehead atoms. The van der Waals surface area contributed by atoms with Crippen LogP contribution >= 0.6 is 0 Å². The summed E-state index contributed by atoms with van der Waals surface area (Å²) in [6, 6.07) is 5.63. The van der Waals surface area contributed by atoms with Gasteiger partial charge in [-0.05, 0) is 30.2 Å². The fraction of sp³-hybridized carbons (Fsp3) is 0.429. The predicted molar refractivity (Wildman–Crippen MR) is 73.6 cm³/mol. The van der Waals surface area contributed by atoms with Crippen LogP contribution in [0.15, 0.2) is 29.0 Å². The van der Waals surface area contributed by atoms with Crippen molar-refractivity contribution in [3.8, 4) is 0 Å². The van der Waals surface area contributed by atoms with Gasteiger partial charge in [0, 0.05) is 13.6 Å². The SMILES string of the molecule is CC(CN)CN(C)C(=O)Cc1ccc2ncoc2c1. The topological polar surface area (TPSA) is 72.4 Å². The Labute approximate surface area is 112 Å². The van der Waals surface area contributed by atoms with Crippen LogP contribution in [0.5, 0.6) is 0 Å². The molecule has 2 N–H and O–H groups in total. The lowest BCUT2D eigenvalue weighted by Gasteiger charge is -2.20. The first kappa shape index (κ1) is 13.5. The number of benzene rings is 1. The lowest BCUT2D eigenvalue weighted by molar-refractivity contribution is -0.129. The van der Waals surface area contributed by atoms with Crippen molar-refractivity contribution in [3.05, 3.63) is 30.2 Å². The largest absolute Gasteiger partial charge is 0.443 e. The zero-order valence-corrected chi connectivity index (χ0v) is 11.3. The van der Waals surface area contributed by atoms with E-state index in [2.05, 4.69) is 4.98 Å². The summed E-state index contributed by atoms with van der Waals surface area (Å²) in [7, 11) is 1.81. The molecule has 0 saturated carbocycles. The van der Waals surface area contributed by atoms with Gasteiger partial charge in [0.1, 0.15) is 5.52 Å². The molecule has 0 radical (unpaired) electrons. The molecule has 0 spiro atoms. The van der Waals surface area contributed by atoms with Crippen LogP contribution in [0.2, 0.25) is 0 Å². The zero-order valence-electron chi connectivity index (χ0n) is 11.3. The van der Waals surface area contributed by atoms with Crippen molar-refractivity contribution in [2.75, 3.05) is 20.1 Å². The molecule has 2 rings (SSSR count). The zero-order chi connectivity index (χ0) is 13.8. The number of fused-ring (bicyclic) bond motifs is 1. The third kappa shape index (κ3) is 3.32. The van der Waals surface area contributed by atoms with Gasteiger partial charge in [0.25, 0.3) is 0 Å². The van der Waals surface area contributed by atoms with Gasteiger partial charge in [0.05, 0.1) is 6.42 Å². The summed E-state index contributed by atoms with van der Waals surface area (Å²) in [4.78, 5) is 17.9. The average molecular weight is 261 g/mol. The minimum absolute atomic E-state index is 0.0826. The van der Waals surface area contributed by atoms with Crippen LogP contribution in [0, 0.1) is 5.92 Å². The fourth-order valence-corrected chi connectivity index (χ4v) is 1.96. The second-order valence-electron chi connectivity index (χ2n) is 4.95. The van der Waals surface area contributed by atoms with Crippen molar-refractivity contribution in [1.29, 1.82) is 0 Å². The third-order valence-electron chi connectivity index (χ3n) is 3.16. The Kier molecular flexibility index (Phi) is 4.16. The average Bonchev–Trinajstić information content (AvgIpc) is 2.85. The van der Waals surface area contributed by atoms with Crippen molar-refractivity contribution in [1.82, 2.24) is 9.88 Å². The second kappa shape index (κ2) is 5.84. The molecule has 1 heterocycles. The van der Waals surface area contributed by atoms with Gasteiger partial charge < -0.3 is 15.1 Å². The molecule has 0 aliphatic heterocycles. The summed E-state index contributed by atoms with van der Waals surface area (Å²) in [5, 5.41) is 0. The number of amides is 1. The van der Waals surface area contributed by atoms with E-state index < -0.39 is 0 Å². The van der Waals surface area contributed by atoms with E-state index in [-0.39, 0.29) is 5.91 Å².